The Labute approximate surface area is 113 Å². The Bertz CT molecular complexity index is 478. The first-order chi connectivity index (χ1) is 9.04. The highest BCUT2D eigenvalue weighted by Crippen LogP contribution is 2.25. The van der Waals surface area contributed by atoms with Crippen LogP contribution in [0.2, 0.25) is 0 Å². The number of hydrogen-bond acceptors (Lipinski definition) is 3. The van der Waals surface area contributed by atoms with Crippen molar-refractivity contribution < 1.29 is 9.18 Å². The molecule has 5 heteroatoms. The van der Waals surface area contributed by atoms with Crippen LogP contribution in [0.15, 0.2) is 12.3 Å². The molecule has 0 aliphatic carbocycles. The first kappa shape index (κ1) is 13.8. The fourth-order valence-corrected chi connectivity index (χ4v) is 2.40. The molecule has 1 aliphatic heterocycles. The number of nitrogens with one attached hydrogen (secondary N) is 1. The Balaban J connectivity index is 2.20. The number of piperidine rings is 1. The molecule has 2 atom stereocenters. The number of pyridine rings is 1. The topological polar surface area (TPSA) is 45.2 Å². The van der Waals surface area contributed by atoms with Crippen LogP contribution in [-0.4, -0.2) is 35.9 Å². The number of amides is 1. The second-order valence-corrected chi connectivity index (χ2v) is 5.27. The molecule has 1 N–H and O–H groups in total. The van der Waals surface area contributed by atoms with Crippen LogP contribution in [0.3, 0.4) is 0 Å². The molecule has 2 rings (SSSR count). The second-order valence-electron chi connectivity index (χ2n) is 5.27. The lowest BCUT2D eigenvalue weighted by Gasteiger charge is -2.35. The number of hydrogen-bond donors (Lipinski definition) is 1. The third-order valence-corrected chi connectivity index (χ3v) is 3.98. The summed E-state index contributed by atoms with van der Waals surface area (Å²) in [5, 5.41) is 2.65. The minimum Gasteiger partial charge on any atom is -0.371 e. The van der Waals surface area contributed by atoms with Gasteiger partial charge in [-0.3, -0.25) is 4.79 Å². The molecule has 1 aliphatic rings. The van der Waals surface area contributed by atoms with Gasteiger partial charge in [-0.1, -0.05) is 13.8 Å². The normalized spacial score (nSPS) is 23.3. The van der Waals surface area contributed by atoms with Crippen LogP contribution in [0.5, 0.6) is 0 Å². The van der Waals surface area contributed by atoms with Gasteiger partial charge >= 0.3 is 0 Å². The number of halogens is 1. The van der Waals surface area contributed by atoms with E-state index in [1.165, 1.54) is 12.3 Å². The average Bonchev–Trinajstić information content (AvgIpc) is 2.41. The Hall–Kier alpha value is -1.65. The average molecular weight is 265 g/mol. The van der Waals surface area contributed by atoms with Crippen molar-refractivity contribution in [3.05, 3.63) is 23.6 Å². The largest absolute Gasteiger partial charge is 0.371 e. The van der Waals surface area contributed by atoms with E-state index in [2.05, 4.69) is 24.1 Å². The van der Waals surface area contributed by atoms with Crippen molar-refractivity contribution in [1.29, 1.82) is 0 Å². The lowest BCUT2D eigenvalue weighted by Crippen LogP contribution is -2.42. The van der Waals surface area contributed by atoms with Gasteiger partial charge in [0.1, 0.15) is 0 Å². The van der Waals surface area contributed by atoms with E-state index >= 15 is 0 Å². The Morgan fingerprint density at radius 3 is 2.84 bits per heavy atom. The third kappa shape index (κ3) is 2.69. The van der Waals surface area contributed by atoms with Crippen molar-refractivity contribution in [2.24, 2.45) is 11.8 Å². The summed E-state index contributed by atoms with van der Waals surface area (Å²) in [6, 6.07) is 1.45. The molecule has 0 bridgehead atoms. The molecule has 0 aromatic carbocycles. The van der Waals surface area contributed by atoms with Gasteiger partial charge in [-0.25, -0.2) is 9.37 Å². The van der Waals surface area contributed by atoms with E-state index in [1.807, 2.05) is 0 Å². The molecule has 0 spiro atoms. The molecule has 4 nitrogen and oxygen atoms in total. The summed E-state index contributed by atoms with van der Waals surface area (Å²) in [4.78, 5) is 18.0. The van der Waals surface area contributed by atoms with Gasteiger partial charge in [0.05, 0.1) is 5.56 Å². The van der Waals surface area contributed by atoms with Gasteiger partial charge < -0.3 is 10.2 Å². The van der Waals surface area contributed by atoms with Crippen LogP contribution in [-0.2, 0) is 0 Å². The standard InChI is InChI=1S/C14H20FN3O/c1-9-5-7-18(8-10(9)2)14(19)11-4-6-17-13(16-3)12(11)15/h4,6,9-10H,5,7-8H2,1-3H3,(H,16,17). The van der Waals surface area contributed by atoms with Crippen molar-refractivity contribution in [3.8, 4) is 0 Å². The fourth-order valence-electron chi connectivity index (χ4n) is 2.40. The third-order valence-electron chi connectivity index (χ3n) is 3.98. The predicted molar refractivity (Wildman–Crippen MR) is 72.6 cm³/mol. The van der Waals surface area contributed by atoms with E-state index in [0.29, 0.717) is 24.9 Å². The second kappa shape index (κ2) is 5.55. The molecular weight excluding hydrogens is 245 g/mol. The molecule has 1 aromatic heterocycles. The van der Waals surface area contributed by atoms with Gasteiger partial charge in [-0.2, -0.15) is 0 Å². The van der Waals surface area contributed by atoms with Gasteiger partial charge in [0.2, 0.25) is 0 Å². The summed E-state index contributed by atoms with van der Waals surface area (Å²) in [5.74, 6) is 0.367. The molecule has 1 fully saturated rings. The minimum atomic E-state index is -0.568. The van der Waals surface area contributed by atoms with Crippen LogP contribution in [0.1, 0.15) is 30.6 Å². The smallest absolute Gasteiger partial charge is 0.257 e. The highest BCUT2D eigenvalue weighted by Gasteiger charge is 2.28. The van der Waals surface area contributed by atoms with Gasteiger partial charge in [-0.15, -0.1) is 0 Å². The first-order valence-electron chi connectivity index (χ1n) is 6.66. The van der Waals surface area contributed by atoms with E-state index < -0.39 is 5.82 Å². The van der Waals surface area contributed by atoms with Crippen molar-refractivity contribution in [2.75, 3.05) is 25.5 Å². The summed E-state index contributed by atoms with van der Waals surface area (Å²) >= 11 is 0. The lowest BCUT2D eigenvalue weighted by molar-refractivity contribution is 0.0623. The highest BCUT2D eigenvalue weighted by atomic mass is 19.1. The maximum absolute atomic E-state index is 14.1. The number of aromatic nitrogens is 1. The van der Waals surface area contributed by atoms with Crippen molar-refractivity contribution >= 4 is 11.7 Å². The van der Waals surface area contributed by atoms with Crippen LogP contribution in [0.25, 0.3) is 0 Å². The first-order valence-corrected chi connectivity index (χ1v) is 6.66. The van der Waals surface area contributed by atoms with Crippen molar-refractivity contribution in [1.82, 2.24) is 9.88 Å². The molecule has 1 amide bonds. The zero-order valence-electron chi connectivity index (χ0n) is 11.6. The summed E-state index contributed by atoms with van der Waals surface area (Å²) in [6.45, 7) is 5.71. The number of carbonyl (C=O) groups is 1. The monoisotopic (exact) mass is 265 g/mol. The Kier molecular flexibility index (Phi) is 4.02. The number of anilines is 1. The van der Waals surface area contributed by atoms with Gasteiger partial charge in [-0.05, 0) is 24.3 Å². The number of rotatable bonds is 2. The molecule has 1 aromatic rings. The maximum Gasteiger partial charge on any atom is 0.257 e. The van der Waals surface area contributed by atoms with Gasteiger partial charge in [0, 0.05) is 26.3 Å². The Morgan fingerprint density at radius 1 is 1.47 bits per heavy atom. The zero-order chi connectivity index (χ0) is 14.0. The zero-order valence-corrected chi connectivity index (χ0v) is 11.6. The Morgan fingerprint density at radius 2 is 2.21 bits per heavy atom. The SMILES string of the molecule is CNc1nccc(C(=O)N2CCC(C)C(C)C2)c1F. The highest BCUT2D eigenvalue weighted by molar-refractivity contribution is 5.95. The van der Waals surface area contributed by atoms with Gasteiger partial charge in [0.25, 0.3) is 5.91 Å². The van der Waals surface area contributed by atoms with Crippen LogP contribution < -0.4 is 5.32 Å². The summed E-state index contributed by atoms with van der Waals surface area (Å²) in [6.07, 6.45) is 2.43. The quantitative estimate of drug-likeness (QED) is 0.893. The predicted octanol–water partition coefficient (Wildman–Crippen LogP) is 2.38. The summed E-state index contributed by atoms with van der Waals surface area (Å²) < 4.78 is 14.1. The minimum absolute atomic E-state index is 0.0982. The number of carbonyl (C=O) groups excluding carboxylic acids is 1. The molecular formula is C14H20FN3O. The van der Waals surface area contributed by atoms with Crippen LogP contribution in [0.4, 0.5) is 10.2 Å². The van der Waals surface area contributed by atoms with Crippen LogP contribution >= 0.6 is 0 Å². The van der Waals surface area contributed by atoms with Crippen LogP contribution in [0, 0.1) is 17.7 Å². The molecule has 0 radical (unpaired) electrons. The lowest BCUT2D eigenvalue weighted by atomic mass is 9.88. The summed E-state index contributed by atoms with van der Waals surface area (Å²) in [7, 11) is 1.59. The van der Waals surface area contributed by atoms with E-state index in [-0.39, 0.29) is 17.3 Å². The molecule has 0 saturated carbocycles. The maximum atomic E-state index is 14.1. The van der Waals surface area contributed by atoms with Crippen molar-refractivity contribution in [2.45, 2.75) is 20.3 Å². The number of likely N-dealkylation sites (tertiary alicyclic amines) is 1. The molecule has 104 valence electrons. The number of nitrogens with zero attached hydrogens (tertiary/aromatic N) is 2. The fraction of sp³-hybridized carbons (Fsp3) is 0.571. The summed E-state index contributed by atoms with van der Waals surface area (Å²) in [5.41, 5.74) is 0.0982. The van der Waals surface area contributed by atoms with Gasteiger partial charge in [0.15, 0.2) is 11.6 Å². The van der Waals surface area contributed by atoms with Crippen molar-refractivity contribution in [3.63, 3.8) is 0 Å². The molecule has 2 unspecified atom stereocenters. The van der Waals surface area contributed by atoms with E-state index in [9.17, 15) is 9.18 Å². The van der Waals surface area contributed by atoms with E-state index in [1.54, 1.807) is 11.9 Å². The molecule has 1 saturated heterocycles. The van der Waals surface area contributed by atoms with E-state index in [4.69, 9.17) is 0 Å². The molecule has 2 heterocycles. The molecule has 19 heavy (non-hydrogen) atoms. The van der Waals surface area contributed by atoms with E-state index in [0.717, 1.165) is 6.42 Å².